The van der Waals surface area contributed by atoms with Crippen LogP contribution in [0.15, 0.2) is 24.5 Å². The van der Waals surface area contributed by atoms with E-state index in [1.54, 1.807) is 0 Å². The molecule has 138 valence electrons. The van der Waals surface area contributed by atoms with Gasteiger partial charge in [0, 0.05) is 38.0 Å². The fraction of sp³-hybridized carbons (Fsp3) is 0.550. The predicted octanol–water partition coefficient (Wildman–Crippen LogP) is 2.49. The van der Waals surface area contributed by atoms with Gasteiger partial charge in [-0.1, -0.05) is 0 Å². The van der Waals surface area contributed by atoms with Crippen LogP contribution in [-0.4, -0.2) is 48.3 Å². The van der Waals surface area contributed by atoms with Crippen LogP contribution in [0.1, 0.15) is 29.7 Å². The first kappa shape index (κ1) is 17.2. The monoisotopic (exact) mass is 353 g/mol. The van der Waals surface area contributed by atoms with E-state index in [1.807, 2.05) is 31.4 Å². The van der Waals surface area contributed by atoms with E-state index in [1.165, 1.54) is 29.7 Å². The molecule has 1 aliphatic heterocycles. The second kappa shape index (κ2) is 7.58. The van der Waals surface area contributed by atoms with E-state index >= 15 is 0 Å². The van der Waals surface area contributed by atoms with E-state index in [4.69, 9.17) is 14.7 Å². The number of rotatable bonds is 5. The number of nitrogens with one attached hydrogen (secondary N) is 1. The number of aryl methyl sites for hydroxylation is 1. The summed E-state index contributed by atoms with van der Waals surface area (Å²) in [7, 11) is 4.00. The molecule has 1 fully saturated rings. The van der Waals surface area contributed by atoms with Crippen molar-refractivity contribution in [2.24, 2.45) is 5.92 Å². The number of hydrogen-bond donors (Lipinski definition) is 1. The Morgan fingerprint density at radius 2 is 1.92 bits per heavy atom. The van der Waals surface area contributed by atoms with Crippen LogP contribution in [0, 0.1) is 5.92 Å². The lowest BCUT2D eigenvalue weighted by atomic mass is 9.93. The van der Waals surface area contributed by atoms with E-state index in [-0.39, 0.29) is 6.04 Å². The number of anilines is 2. The summed E-state index contributed by atoms with van der Waals surface area (Å²) in [6.07, 6.45) is 9.26. The molecule has 2 aromatic rings. The van der Waals surface area contributed by atoms with Gasteiger partial charge in [0.05, 0.1) is 24.9 Å². The molecule has 0 bridgehead atoms. The van der Waals surface area contributed by atoms with Gasteiger partial charge in [-0.05, 0) is 49.8 Å². The molecule has 1 N–H and O–H groups in total. The highest BCUT2D eigenvalue weighted by Crippen LogP contribution is 2.30. The molecule has 0 aromatic carbocycles. The highest BCUT2D eigenvalue weighted by Gasteiger charge is 2.30. The molecule has 2 aromatic heterocycles. The van der Waals surface area contributed by atoms with Crippen LogP contribution in [0.25, 0.3) is 0 Å². The molecule has 0 unspecified atom stereocenters. The van der Waals surface area contributed by atoms with Crippen molar-refractivity contribution in [1.29, 1.82) is 0 Å². The molecule has 2 atom stereocenters. The fourth-order valence-electron chi connectivity index (χ4n) is 3.86. The molecule has 1 saturated heterocycles. The second-order valence-electron chi connectivity index (χ2n) is 7.51. The van der Waals surface area contributed by atoms with Crippen LogP contribution in [0.2, 0.25) is 0 Å². The zero-order chi connectivity index (χ0) is 17.9. The van der Waals surface area contributed by atoms with Crippen LogP contribution in [-0.2, 0) is 24.0 Å². The van der Waals surface area contributed by atoms with Crippen molar-refractivity contribution >= 4 is 11.8 Å². The summed E-state index contributed by atoms with van der Waals surface area (Å²) < 4.78 is 5.80. The molecule has 1 aliphatic carbocycles. The van der Waals surface area contributed by atoms with Crippen molar-refractivity contribution in [3.05, 3.63) is 41.3 Å². The van der Waals surface area contributed by atoms with Crippen molar-refractivity contribution in [3.63, 3.8) is 0 Å². The molecular formula is C20H27N5O. The van der Waals surface area contributed by atoms with E-state index in [0.29, 0.717) is 5.92 Å². The maximum Gasteiger partial charge on any atom is 0.227 e. The van der Waals surface area contributed by atoms with Crippen LogP contribution >= 0.6 is 0 Å². The van der Waals surface area contributed by atoms with Gasteiger partial charge in [-0.15, -0.1) is 0 Å². The molecule has 6 nitrogen and oxygen atoms in total. The average Bonchev–Trinajstić information content (AvgIpc) is 3.09. The molecule has 0 radical (unpaired) electrons. The third kappa shape index (κ3) is 3.65. The van der Waals surface area contributed by atoms with Gasteiger partial charge in [0.25, 0.3) is 0 Å². The predicted molar refractivity (Wildman–Crippen MR) is 103 cm³/mol. The summed E-state index contributed by atoms with van der Waals surface area (Å²) in [5, 5.41) is 3.72. The largest absolute Gasteiger partial charge is 0.379 e. The first-order valence-electron chi connectivity index (χ1n) is 9.51. The zero-order valence-electron chi connectivity index (χ0n) is 15.6. The molecular weight excluding hydrogens is 326 g/mol. The van der Waals surface area contributed by atoms with E-state index in [0.717, 1.165) is 44.2 Å². The van der Waals surface area contributed by atoms with Gasteiger partial charge in [0.2, 0.25) is 5.95 Å². The van der Waals surface area contributed by atoms with E-state index in [9.17, 15) is 0 Å². The summed E-state index contributed by atoms with van der Waals surface area (Å²) in [5.41, 5.74) is 3.82. The van der Waals surface area contributed by atoms with Gasteiger partial charge in [-0.3, -0.25) is 4.98 Å². The van der Waals surface area contributed by atoms with Gasteiger partial charge in [-0.25, -0.2) is 4.98 Å². The number of aromatic nitrogens is 3. The van der Waals surface area contributed by atoms with Crippen molar-refractivity contribution < 1.29 is 4.74 Å². The van der Waals surface area contributed by atoms with Gasteiger partial charge in [0.15, 0.2) is 0 Å². The highest BCUT2D eigenvalue weighted by molar-refractivity contribution is 5.53. The Bertz CT molecular complexity index is 749. The van der Waals surface area contributed by atoms with Crippen LogP contribution in [0.5, 0.6) is 0 Å². The molecule has 4 rings (SSSR count). The van der Waals surface area contributed by atoms with Crippen LogP contribution < -0.4 is 10.2 Å². The molecule has 2 aliphatic rings. The summed E-state index contributed by atoms with van der Waals surface area (Å²) in [6, 6.07) is 4.46. The maximum absolute atomic E-state index is 5.80. The van der Waals surface area contributed by atoms with Crippen molar-refractivity contribution in [2.75, 3.05) is 37.5 Å². The standard InChI is InChI=1S/C20H27N5O/c1-25(2)20-23-17-6-4-3-5-16(17)19(24-20)22-18-13-26-12-15(18)11-14-7-9-21-10-8-14/h7-10,15,18H,3-6,11-13H2,1-2H3,(H,22,23,24)/t15-,18-/m1/s1. The lowest BCUT2D eigenvalue weighted by Gasteiger charge is -2.25. The first-order valence-corrected chi connectivity index (χ1v) is 9.51. The Balaban J connectivity index is 1.56. The summed E-state index contributed by atoms with van der Waals surface area (Å²) in [5.74, 6) is 2.24. The Kier molecular flexibility index (Phi) is 5.02. The maximum atomic E-state index is 5.80. The van der Waals surface area contributed by atoms with Crippen LogP contribution in [0.3, 0.4) is 0 Å². The third-order valence-corrected chi connectivity index (χ3v) is 5.34. The van der Waals surface area contributed by atoms with Crippen LogP contribution in [0.4, 0.5) is 11.8 Å². The van der Waals surface area contributed by atoms with Gasteiger partial charge in [-0.2, -0.15) is 4.98 Å². The zero-order valence-corrected chi connectivity index (χ0v) is 15.6. The first-order chi connectivity index (χ1) is 12.7. The SMILES string of the molecule is CN(C)c1nc2c(c(N[C@@H]3COC[C@H]3Cc3ccncc3)n1)CCCC2. The van der Waals surface area contributed by atoms with E-state index in [2.05, 4.69) is 22.4 Å². The van der Waals surface area contributed by atoms with Crippen molar-refractivity contribution in [3.8, 4) is 0 Å². The van der Waals surface area contributed by atoms with Crippen molar-refractivity contribution in [1.82, 2.24) is 15.0 Å². The number of ether oxygens (including phenoxy) is 1. The number of pyridine rings is 1. The average molecular weight is 353 g/mol. The van der Waals surface area contributed by atoms with E-state index < -0.39 is 0 Å². The minimum absolute atomic E-state index is 0.277. The molecule has 3 heterocycles. The minimum Gasteiger partial charge on any atom is -0.379 e. The third-order valence-electron chi connectivity index (χ3n) is 5.34. The summed E-state index contributed by atoms with van der Waals surface area (Å²) >= 11 is 0. The number of nitrogens with zero attached hydrogens (tertiary/aromatic N) is 4. The summed E-state index contributed by atoms with van der Waals surface area (Å²) in [4.78, 5) is 15.7. The smallest absolute Gasteiger partial charge is 0.227 e. The van der Waals surface area contributed by atoms with Gasteiger partial charge >= 0.3 is 0 Å². The van der Waals surface area contributed by atoms with Crippen molar-refractivity contribution in [2.45, 2.75) is 38.1 Å². The lowest BCUT2D eigenvalue weighted by molar-refractivity contribution is 0.185. The Morgan fingerprint density at radius 3 is 2.73 bits per heavy atom. The normalized spacial score (nSPS) is 22.1. The fourth-order valence-corrected chi connectivity index (χ4v) is 3.86. The Labute approximate surface area is 155 Å². The lowest BCUT2D eigenvalue weighted by Crippen LogP contribution is -2.31. The number of fused-ring (bicyclic) bond motifs is 1. The van der Waals surface area contributed by atoms with Gasteiger partial charge in [0.1, 0.15) is 5.82 Å². The molecule has 26 heavy (non-hydrogen) atoms. The molecule has 0 saturated carbocycles. The molecule has 0 spiro atoms. The van der Waals surface area contributed by atoms with Gasteiger partial charge < -0.3 is 15.0 Å². The highest BCUT2D eigenvalue weighted by atomic mass is 16.5. The molecule has 0 amide bonds. The Morgan fingerprint density at radius 1 is 1.12 bits per heavy atom. The number of hydrogen-bond acceptors (Lipinski definition) is 6. The molecule has 6 heteroatoms. The topological polar surface area (TPSA) is 63.2 Å². The second-order valence-corrected chi connectivity index (χ2v) is 7.51. The minimum atomic E-state index is 0.277. The summed E-state index contributed by atoms with van der Waals surface area (Å²) in [6.45, 7) is 1.51. The Hall–Kier alpha value is -2.21. The quantitative estimate of drug-likeness (QED) is 0.891.